The van der Waals surface area contributed by atoms with Gasteiger partial charge in [-0.15, -0.1) is 0 Å². The van der Waals surface area contributed by atoms with Crippen molar-refractivity contribution in [1.82, 2.24) is 21.4 Å². The second-order valence-corrected chi connectivity index (χ2v) is 14.3. The third kappa shape index (κ3) is 11.7. The lowest BCUT2D eigenvalue weighted by atomic mass is 9.79. The normalized spacial score (nSPS) is 16.7. The average molecular weight is 741 g/mol. The molecular formula is C44H60N4O6. The zero-order valence-corrected chi connectivity index (χ0v) is 32.3. The van der Waals surface area contributed by atoms with Crippen molar-refractivity contribution in [2.75, 3.05) is 20.2 Å². The van der Waals surface area contributed by atoms with E-state index in [0.29, 0.717) is 22.6 Å². The van der Waals surface area contributed by atoms with E-state index in [4.69, 9.17) is 9.57 Å². The lowest BCUT2D eigenvalue weighted by Gasteiger charge is -2.32. The summed E-state index contributed by atoms with van der Waals surface area (Å²) in [6.07, 6.45) is 12.9. The molecular weight excluding hydrogens is 681 g/mol. The van der Waals surface area contributed by atoms with E-state index in [2.05, 4.69) is 40.1 Å². The summed E-state index contributed by atoms with van der Waals surface area (Å²) in [6.45, 7) is 7.56. The topological polar surface area (TPSA) is 138 Å². The van der Waals surface area contributed by atoms with Crippen LogP contribution in [-0.4, -0.2) is 55.3 Å². The van der Waals surface area contributed by atoms with Crippen LogP contribution < -0.4 is 26.3 Å². The fraction of sp³-hybridized carbons (Fsp3) is 0.477. The molecule has 0 aliphatic heterocycles. The van der Waals surface area contributed by atoms with Gasteiger partial charge in [0.1, 0.15) is 18.2 Å². The minimum Gasteiger partial charge on any atom is -0.445 e. The summed E-state index contributed by atoms with van der Waals surface area (Å²) in [5.74, 6) is -0.254. The van der Waals surface area contributed by atoms with E-state index in [1.165, 1.54) is 69.4 Å². The summed E-state index contributed by atoms with van der Waals surface area (Å²) in [5.41, 5.74) is 3.93. The van der Waals surface area contributed by atoms with E-state index in [9.17, 15) is 19.5 Å². The quantitative estimate of drug-likeness (QED) is 0.0552. The van der Waals surface area contributed by atoms with E-state index < -0.39 is 29.7 Å². The van der Waals surface area contributed by atoms with Crippen LogP contribution in [0.1, 0.15) is 113 Å². The van der Waals surface area contributed by atoms with Crippen molar-refractivity contribution < 1.29 is 29.1 Å². The van der Waals surface area contributed by atoms with E-state index in [1.54, 1.807) is 25.2 Å². The zero-order chi connectivity index (χ0) is 38.8. The standard InChI is InChI=1S/C44H60N4O6/c1-5-31-53-43(51)46-30-29-38(47-42(50)40(45-4)32(3)6-2)41(49)48-54-39-24-18-17-23-37(39)44(52,35-21-15-12-16-22-35)36-27-25-34(26-28-36)33-19-13-10-8-7-9-11-14-20-33/h5,12,15-18,21-28,32-33,38,40,45,52H,1,6-11,13-14,19-20,29-31H2,2-4H3,(H,46,51)(H,47,50)(H,48,49). The number of para-hydroxylation sites is 1. The molecule has 3 amide bonds. The Kier molecular flexibility index (Phi) is 17.1. The maximum absolute atomic E-state index is 13.7. The van der Waals surface area contributed by atoms with Gasteiger partial charge in [0.15, 0.2) is 5.75 Å². The number of hydroxylamine groups is 1. The fourth-order valence-electron chi connectivity index (χ4n) is 7.27. The van der Waals surface area contributed by atoms with E-state index in [0.717, 1.165) is 6.42 Å². The first-order valence-corrected chi connectivity index (χ1v) is 19.7. The van der Waals surface area contributed by atoms with E-state index >= 15 is 0 Å². The minimum absolute atomic E-state index is 0.00410. The first kappa shape index (κ1) is 42.1. The molecule has 3 aromatic rings. The highest BCUT2D eigenvalue weighted by Gasteiger charge is 2.37. The number of alkyl carbamates (subject to hydrolysis) is 1. The summed E-state index contributed by atoms with van der Waals surface area (Å²) < 4.78 is 4.98. The summed E-state index contributed by atoms with van der Waals surface area (Å²) in [5, 5.41) is 21.3. The maximum atomic E-state index is 13.7. The predicted molar refractivity (Wildman–Crippen MR) is 213 cm³/mol. The van der Waals surface area contributed by atoms with Crippen molar-refractivity contribution in [2.45, 2.75) is 108 Å². The van der Waals surface area contributed by atoms with E-state index in [1.807, 2.05) is 62.4 Å². The average Bonchev–Trinajstić information content (AvgIpc) is 3.21. The number of benzene rings is 3. The molecule has 4 rings (SSSR count). The molecule has 0 radical (unpaired) electrons. The molecule has 54 heavy (non-hydrogen) atoms. The van der Waals surface area contributed by atoms with Crippen molar-refractivity contribution >= 4 is 17.9 Å². The Morgan fingerprint density at radius 2 is 1.48 bits per heavy atom. The van der Waals surface area contributed by atoms with Gasteiger partial charge in [-0.3, -0.25) is 9.59 Å². The molecule has 4 unspecified atom stereocenters. The van der Waals surface area contributed by atoms with Gasteiger partial charge >= 0.3 is 6.09 Å². The molecule has 5 N–H and O–H groups in total. The number of nitrogens with one attached hydrogen (secondary N) is 4. The Morgan fingerprint density at radius 3 is 2.11 bits per heavy atom. The number of rotatable bonds is 17. The van der Waals surface area contributed by atoms with Crippen molar-refractivity contribution in [1.29, 1.82) is 0 Å². The van der Waals surface area contributed by atoms with Gasteiger partial charge in [-0.05, 0) is 60.9 Å². The Labute approximate surface area is 321 Å². The second kappa shape index (κ2) is 21.9. The molecule has 0 spiro atoms. The summed E-state index contributed by atoms with van der Waals surface area (Å²) in [7, 11) is 1.70. The number of aliphatic hydroxyl groups is 1. The van der Waals surface area contributed by atoms with Crippen LogP contribution in [0.15, 0.2) is 91.5 Å². The third-order valence-electron chi connectivity index (χ3n) is 10.6. The number of carbonyl (C=O) groups is 3. The lowest BCUT2D eigenvalue weighted by Crippen LogP contribution is -2.55. The molecule has 4 atom stereocenters. The van der Waals surface area contributed by atoms with Crippen molar-refractivity contribution in [3.05, 3.63) is 114 Å². The summed E-state index contributed by atoms with van der Waals surface area (Å²) in [6, 6.07) is 23.2. The van der Waals surface area contributed by atoms with Crippen molar-refractivity contribution in [3.8, 4) is 5.75 Å². The van der Waals surface area contributed by atoms with E-state index in [-0.39, 0.29) is 37.1 Å². The van der Waals surface area contributed by atoms with Gasteiger partial charge in [0.2, 0.25) is 5.91 Å². The monoisotopic (exact) mass is 740 g/mol. The van der Waals surface area contributed by atoms with Crippen LogP contribution in [0.5, 0.6) is 5.75 Å². The summed E-state index contributed by atoms with van der Waals surface area (Å²) in [4.78, 5) is 45.1. The highest BCUT2D eigenvalue weighted by Crippen LogP contribution is 2.42. The van der Waals surface area contributed by atoms with Crippen LogP contribution in [0, 0.1) is 5.92 Å². The van der Waals surface area contributed by atoms with Crippen LogP contribution in [0.4, 0.5) is 4.79 Å². The Bertz CT molecular complexity index is 1610. The smallest absolute Gasteiger partial charge is 0.407 e. The molecule has 1 aliphatic carbocycles. The number of hydrogen-bond acceptors (Lipinski definition) is 7. The molecule has 1 saturated carbocycles. The van der Waals surface area contributed by atoms with Gasteiger partial charge in [-0.1, -0.05) is 151 Å². The van der Waals surface area contributed by atoms with Crippen LogP contribution in [0.2, 0.25) is 0 Å². The van der Waals surface area contributed by atoms with Crippen LogP contribution in [0.25, 0.3) is 0 Å². The number of ether oxygens (including phenoxy) is 1. The molecule has 10 nitrogen and oxygen atoms in total. The molecule has 0 aromatic heterocycles. The molecule has 0 bridgehead atoms. The molecule has 1 fully saturated rings. The zero-order valence-electron chi connectivity index (χ0n) is 32.3. The Morgan fingerprint density at radius 1 is 0.870 bits per heavy atom. The van der Waals surface area contributed by atoms with Crippen molar-refractivity contribution in [2.24, 2.45) is 5.92 Å². The first-order chi connectivity index (χ1) is 26.2. The van der Waals surface area contributed by atoms with Crippen LogP contribution >= 0.6 is 0 Å². The lowest BCUT2D eigenvalue weighted by molar-refractivity contribution is -0.134. The van der Waals surface area contributed by atoms with Gasteiger partial charge in [0.05, 0.1) is 6.04 Å². The first-order valence-electron chi connectivity index (χ1n) is 19.7. The molecule has 3 aromatic carbocycles. The Hall–Kier alpha value is -4.67. The van der Waals surface area contributed by atoms with Gasteiger partial charge in [-0.25, -0.2) is 4.79 Å². The third-order valence-corrected chi connectivity index (χ3v) is 10.6. The molecule has 1 aliphatic rings. The van der Waals surface area contributed by atoms with Gasteiger partial charge in [0.25, 0.3) is 5.91 Å². The van der Waals surface area contributed by atoms with Gasteiger partial charge in [-0.2, -0.15) is 5.48 Å². The van der Waals surface area contributed by atoms with Gasteiger partial charge in [0, 0.05) is 12.1 Å². The fourth-order valence-corrected chi connectivity index (χ4v) is 7.27. The summed E-state index contributed by atoms with van der Waals surface area (Å²) >= 11 is 0. The molecule has 292 valence electrons. The number of likely N-dealkylation sites (N-methyl/N-ethyl adjacent to an activating group) is 1. The second-order valence-electron chi connectivity index (χ2n) is 14.3. The molecule has 10 heteroatoms. The Balaban J connectivity index is 1.59. The van der Waals surface area contributed by atoms with Crippen LogP contribution in [0.3, 0.4) is 0 Å². The highest BCUT2D eigenvalue weighted by atomic mass is 16.7. The number of amides is 3. The number of carbonyl (C=O) groups excluding carboxylic acids is 3. The van der Waals surface area contributed by atoms with Crippen molar-refractivity contribution in [3.63, 3.8) is 0 Å². The van der Waals surface area contributed by atoms with Gasteiger partial charge < -0.3 is 30.6 Å². The molecule has 0 heterocycles. The molecule has 0 saturated heterocycles. The maximum Gasteiger partial charge on any atom is 0.407 e. The largest absolute Gasteiger partial charge is 0.445 e. The SMILES string of the molecule is C=CCOC(=O)NCCC(NC(=O)C(NC)C(C)CC)C(=O)NOc1ccccc1C(O)(c1ccccc1)c1ccc(C2CCCCCCCCC2)cc1. The van der Waals surface area contributed by atoms with Crippen LogP contribution in [-0.2, 0) is 19.9 Å². The number of hydrogen-bond donors (Lipinski definition) is 5. The predicted octanol–water partition coefficient (Wildman–Crippen LogP) is 7.41. The minimum atomic E-state index is -1.63. The highest BCUT2D eigenvalue weighted by molar-refractivity contribution is 5.89.